The molecule has 1 aromatic heterocycles. The van der Waals surface area contributed by atoms with Crippen LogP contribution in [0.3, 0.4) is 0 Å². The monoisotopic (exact) mass is 453 g/mol. The van der Waals surface area contributed by atoms with E-state index >= 15 is 0 Å². The van der Waals surface area contributed by atoms with Crippen LogP contribution in [0.4, 0.5) is 0 Å². The van der Waals surface area contributed by atoms with E-state index in [4.69, 9.17) is 0 Å². The van der Waals surface area contributed by atoms with Crippen LogP contribution in [-0.4, -0.2) is 12.6 Å². The summed E-state index contributed by atoms with van der Waals surface area (Å²) in [4.78, 5) is 0. The number of hydrogen-bond acceptors (Lipinski definition) is 0. The summed E-state index contributed by atoms with van der Waals surface area (Å²) in [5, 5.41) is 8.32. The highest BCUT2D eigenvalue weighted by atomic mass is 28.3. The van der Waals surface area contributed by atoms with Gasteiger partial charge in [0.15, 0.2) is 8.07 Å². The second kappa shape index (κ2) is 8.47. The molecule has 0 spiro atoms. The highest BCUT2D eigenvalue weighted by Crippen LogP contribution is 2.28. The Morgan fingerprint density at radius 1 is 0.471 bits per heavy atom. The lowest BCUT2D eigenvalue weighted by Gasteiger charge is -2.34. The smallest absolute Gasteiger partial charge is 0.179 e. The topological polar surface area (TPSA) is 4.93 Å². The van der Waals surface area contributed by atoms with Crippen LogP contribution in [0.1, 0.15) is 6.92 Å². The van der Waals surface area contributed by atoms with Crippen molar-refractivity contribution in [1.29, 1.82) is 0 Å². The zero-order chi connectivity index (χ0) is 23.0. The van der Waals surface area contributed by atoms with Gasteiger partial charge in [0, 0.05) is 28.4 Å². The lowest BCUT2D eigenvalue weighted by Crippen LogP contribution is -2.74. The van der Waals surface area contributed by atoms with E-state index in [1.165, 1.54) is 42.6 Å². The molecule has 0 N–H and O–H groups in total. The molecule has 0 saturated heterocycles. The third-order valence-electron chi connectivity index (χ3n) is 7.14. The molecule has 0 aliphatic rings. The third kappa shape index (κ3) is 3.07. The molecule has 0 bridgehead atoms. The lowest BCUT2D eigenvalue weighted by atomic mass is 10.1. The van der Waals surface area contributed by atoms with Crippen molar-refractivity contribution in [3.8, 4) is 0 Å². The number of nitrogens with zero attached hydrogens (tertiary/aromatic N) is 1. The van der Waals surface area contributed by atoms with Crippen LogP contribution in [0.25, 0.3) is 21.8 Å². The highest BCUT2D eigenvalue weighted by Gasteiger charge is 2.41. The Balaban J connectivity index is 1.76. The summed E-state index contributed by atoms with van der Waals surface area (Å²) in [5.74, 6) is 0. The van der Waals surface area contributed by atoms with Crippen LogP contribution in [0.5, 0.6) is 0 Å². The Bertz CT molecular complexity index is 1470. The normalized spacial score (nSPS) is 11.8. The van der Waals surface area contributed by atoms with E-state index in [1.54, 1.807) is 0 Å². The van der Waals surface area contributed by atoms with Gasteiger partial charge in [-0.1, -0.05) is 121 Å². The van der Waals surface area contributed by atoms with Crippen molar-refractivity contribution < 1.29 is 0 Å². The van der Waals surface area contributed by atoms with Gasteiger partial charge in [-0.3, -0.25) is 0 Å². The Hall–Kier alpha value is -3.88. The number of fused-ring (bicyclic) bond motifs is 3. The van der Waals surface area contributed by atoms with Gasteiger partial charge < -0.3 is 4.57 Å². The molecule has 0 radical (unpaired) electrons. The van der Waals surface area contributed by atoms with E-state index in [-0.39, 0.29) is 0 Å². The van der Waals surface area contributed by atoms with Crippen molar-refractivity contribution >= 4 is 50.6 Å². The van der Waals surface area contributed by atoms with Gasteiger partial charge in [-0.2, -0.15) is 0 Å². The van der Waals surface area contributed by atoms with E-state index in [0.717, 1.165) is 6.54 Å². The first kappa shape index (κ1) is 20.7. The second-order valence-corrected chi connectivity index (χ2v) is 12.7. The van der Waals surface area contributed by atoms with Crippen LogP contribution < -0.4 is 20.7 Å². The predicted octanol–water partition coefficient (Wildman–Crippen LogP) is 5.19. The van der Waals surface area contributed by atoms with Crippen molar-refractivity contribution in [3.63, 3.8) is 0 Å². The summed E-state index contributed by atoms with van der Waals surface area (Å²) in [5.41, 5.74) is 2.62. The molecular formula is C32H27NSi. The van der Waals surface area contributed by atoms with Gasteiger partial charge in [0.25, 0.3) is 0 Å². The fourth-order valence-corrected chi connectivity index (χ4v) is 10.5. The molecule has 0 aliphatic carbocycles. The van der Waals surface area contributed by atoms with Crippen LogP contribution >= 0.6 is 0 Å². The molecule has 6 rings (SSSR count). The molecule has 164 valence electrons. The van der Waals surface area contributed by atoms with Crippen LogP contribution in [0, 0.1) is 0 Å². The van der Waals surface area contributed by atoms with E-state index in [0.29, 0.717) is 0 Å². The number of benzene rings is 5. The minimum Gasteiger partial charge on any atom is -0.341 e. The molecule has 0 saturated carbocycles. The van der Waals surface area contributed by atoms with Crippen molar-refractivity contribution in [1.82, 2.24) is 4.57 Å². The van der Waals surface area contributed by atoms with Gasteiger partial charge in [-0.25, -0.2) is 0 Å². The molecular weight excluding hydrogens is 426 g/mol. The number of hydrogen-bond donors (Lipinski definition) is 0. The largest absolute Gasteiger partial charge is 0.341 e. The molecule has 1 heterocycles. The van der Waals surface area contributed by atoms with Gasteiger partial charge in [0.2, 0.25) is 0 Å². The number of aromatic nitrogens is 1. The lowest BCUT2D eigenvalue weighted by molar-refractivity contribution is 0.827. The van der Waals surface area contributed by atoms with Crippen molar-refractivity contribution in [2.24, 2.45) is 0 Å². The van der Waals surface area contributed by atoms with Gasteiger partial charge in [0.1, 0.15) is 0 Å². The van der Waals surface area contributed by atoms with Crippen molar-refractivity contribution in [2.45, 2.75) is 13.5 Å². The average Bonchev–Trinajstić information content (AvgIpc) is 3.24. The van der Waals surface area contributed by atoms with Gasteiger partial charge in [-0.15, -0.1) is 0 Å². The van der Waals surface area contributed by atoms with E-state index in [2.05, 4.69) is 145 Å². The SMILES string of the molecule is CCn1c2ccccc2c2cc([Si](c3ccccc3)(c3ccccc3)c3ccccc3)ccc21. The van der Waals surface area contributed by atoms with Gasteiger partial charge in [0.05, 0.1) is 0 Å². The number of para-hydroxylation sites is 1. The molecule has 0 atom stereocenters. The molecule has 2 heteroatoms. The fourth-order valence-electron chi connectivity index (χ4n) is 5.69. The van der Waals surface area contributed by atoms with Crippen molar-refractivity contribution in [2.75, 3.05) is 0 Å². The standard InChI is InChI=1S/C32H27NSi/c1-2-33-31-21-13-12-20-29(31)30-24-28(22-23-32(30)33)34(25-14-6-3-7-15-25,26-16-8-4-9-17-26)27-18-10-5-11-19-27/h3-24H,2H2,1H3. The molecule has 6 aromatic rings. The van der Waals surface area contributed by atoms with E-state index in [9.17, 15) is 0 Å². The molecule has 1 nitrogen and oxygen atoms in total. The summed E-state index contributed by atoms with van der Waals surface area (Å²) < 4.78 is 2.44. The van der Waals surface area contributed by atoms with E-state index in [1.807, 2.05) is 0 Å². The quantitative estimate of drug-likeness (QED) is 0.250. The molecule has 0 unspecified atom stereocenters. The Kier molecular flexibility index (Phi) is 5.16. The van der Waals surface area contributed by atoms with Gasteiger partial charge >= 0.3 is 0 Å². The summed E-state index contributed by atoms with van der Waals surface area (Å²) in [6, 6.07) is 49.5. The number of aryl methyl sites for hydroxylation is 1. The summed E-state index contributed by atoms with van der Waals surface area (Å²) in [6.07, 6.45) is 0. The second-order valence-electron chi connectivity index (χ2n) is 8.84. The highest BCUT2D eigenvalue weighted by molar-refractivity contribution is 7.20. The van der Waals surface area contributed by atoms with Crippen molar-refractivity contribution in [3.05, 3.63) is 133 Å². The molecule has 0 fully saturated rings. The summed E-state index contributed by atoms with van der Waals surface area (Å²) >= 11 is 0. The van der Waals surface area contributed by atoms with Gasteiger partial charge in [-0.05, 0) is 39.8 Å². The first-order valence-corrected chi connectivity index (χ1v) is 14.0. The Morgan fingerprint density at radius 2 is 0.941 bits per heavy atom. The zero-order valence-corrected chi connectivity index (χ0v) is 20.4. The molecule has 34 heavy (non-hydrogen) atoms. The maximum Gasteiger partial charge on any atom is 0.179 e. The maximum atomic E-state index is 2.49. The van der Waals surface area contributed by atoms with Crippen LogP contribution in [-0.2, 0) is 6.54 Å². The Labute approximate surface area is 201 Å². The summed E-state index contributed by atoms with van der Waals surface area (Å²) in [6.45, 7) is 3.19. The summed E-state index contributed by atoms with van der Waals surface area (Å²) in [7, 11) is -2.51. The minimum absolute atomic E-state index is 0.960. The Morgan fingerprint density at radius 3 is 1.47 bits per heavy atom. The van der Waals surface area contributed by atoms with E-state index < -0.39 is 8.07 Å². The molecule has 0 aliphatic heterocycles. The molecule has 0 amide bonds. The minimum atomic E-state index is -2.51. The zero-order valence-electron chi connectivity index (χ0n) is 19.4. The van der Waals surface area contributed by atoms with Crippen LogP contribution in [0.2, 0.25) is 0 Å². The first-order valence-electron chi connectivity index (χ1n) is 12.0. The average molecular weight is 454 g/mol. The fraction of sp³-hybridized carbons (Fsp3) is 0.0625. The number of rotatable bonds is 5. The first-order chi connectivity index (χ1) is 16.8. The third-order valence-corrected chi connectivity index (χ3v) is 11.9. The molecule has 5 aromatic carbocycles. The predicted molar refractivity (Wildman–Crippen MR) is 149 cm³/mol. The maximum absolute atomic E-state index is 2.51. The van der Waals surface area contributed by atoms with Crippen LogP contribution in [0.15, 0.2) is 133 Å².